The van der Waals surface area contributed by atoms with Crippen molar-refractivity contribution < 1.29 is 9.53 Å². The molecule has 0 spiro atoms. The van der Waals surface area contributed by atoms with Gasteiger partial charge in [0.1, 0.15) is 11.4 Å². The Kier molecular flexibility index (Phi) is 8.84. The number of hydrogen-bond acceptors (Lipinski definition) is 4. The molecule has 0 aromatic carbocycles. The first-order valence-corrected chi connectivity index (χ1v) is 4.19. The van der Waals surface area contributed by atoms with Crippen molar-refractivity contribution in [2.24, 2.45) is 5.73 Å². The quantitative estimate of drug-likeness (QED) is 0.864. The van der Waals surface area contributed by atoms with Gasteiger partial charge < -0.3 is 15.8 Å². The van der Waals surface area contributed by atoms with Crippen LogP contribution in [-0.2, 0) is 4.79 Å². The fourth-order valence-corrected chi connectivity index (χ4v) is 0.900. The van der Waals surface area contributed by atoms with Crippen LogP contribution in [0.3, 0.4) is 0 Å². The van der Waals surface area contributed by atoms with Crippen molar-refractivity contribution in [1.29, 1.82) is 0 Å². The van der Waals surface area contributed by atoms with Crippen molar-refractivity contribution >= 4 is 36.4 Å². The van der Waals surface area contributed by atoms with Gasteiger partial charge in [0.2, 0.25) is 5.91 Å². The number of amides is 1. The number of methoxy groups -OCH3 is 1. The van der Waals surface area contributed by atoms with Crippen molar-refractivity contribution in [1.82, 2.24) is 4.98 Å². The van der Waals surface area contributed by atoms with E-state index in [0.29, 0.717) is 11.4 Å². The van der Waals surface area contributed by atoms with Crippen LogP contribution in [0.25, 0.3) is 0 Å². The molecule has 92 valence electrons. The molecule has 1 heterocycles. The molecule has 0 aliphatic rings. The molecule has 1 amide bonds. The Morgan fingerprint density at radius 3 is 2.69 bits per heavy atom. The average molecular weight is 268 g/mol. The summed E-state index contributed by atoms with van der Waals surface area (Å²) in [5, 5.41) is 2.61. The zero-order chi connectivity index (χ0) is 10.6. The number of nitrogens with two attached hydrogens (primary N) is 1. The topological polar surface area (TPSA) is 77.2 Å². The Labute approximate surface area is 107 Å². The second-order valence-electron chi connectivity index (χ2n) is 2.85. The van der Waals surface area contributed by atoms with Gasteiger partial charge in [0.15, 0.2) is 0 Å². The summed E-state index contributed by atoms with van der Waals surface area (Å²) in [6.07, 6.45) is 3.10. The largest absolute Gasteiger partial charge is 0.494 e. The molecule has 7 heteroatoms. The van der Waals surface area contributed by atoms with Crippen LogP contribution in [0.15, 0.2) is 18.5 Å². The van der Waals surface area contributed by atoms with E-state index in [4.69, 9.17) is 10.5 Å². The molecule has 1 rings (SSSR count). The zero-order valence-corrected chi connectivity index (χ0v) is 10.6. The van der Waals surface area contributed by atoms with Gasteiger partial charge in [0, 0.05) is 12.3 Å². The SMILES string of the molecule is COc1ccncc1NC(=O)C(C)N.Cl.Cl. The summed E-state index contributed by atoms with van der Waals surface area (Å²) >= 11 is 0. The normalized spacial score (nSPS) is 10.4. The van der Waals surface area contributed by atoms with E-state index in [1.807, 2.05) is 0 Å². The lowest BCUT2D eigenvalue weighted by atomic mass is 10.3. The Morgan fingerprint density at radius 1 is 1.56 bits per heavy atom. The minimum absolute atomic E-state index is 0. The van der Waals surface area contributed by atoms with Crippen LogP contribution in [0.1, 0.15) is 6.92 Å². The van der Waals surface area contributed by atoms with Gasteiger partial charge in [-0.2, -0.15) is 0 Å². The van der Waals surface area contributed by atoms with Crippen LogP contribution in [0.5, 0.6) is 5.75 Å². The Morgan fingerprint density at radius 2 is 2.19 bits per heavy atom. The monoisotopic (exact) mass is 267 g/mol. The van der Waals surface area contributed by atoms with Crippen molar-refractivity contribution in [3.05, 3.63) is 18.5 Å². The third-order valence-electron chi connectivity index (χ3n) is 1.67. The number of pyridine rings is 1. The van der Waals surface area contributed by atoms with Crippen molar-refractivity contribution in [3.8, 4) is 5.75 Å². The van der Waals surface area contributed by atoms with Crippen molar-refractivity contribution in [3.63, 3.8) is 0 Å². The molecule has 5 nitrogen and oxygen atoms in total. The van der Waals surface area contributed by atoms with Crippen LogP contribution in [0.2, 0.25) is 0 Å². The summed E-state index contributed by atoms with van der Waals surface area (Å²) in [4.78, 5) is 15.1. The summed E-state index contributed by atoms with van der Waals surface area (Å²) in [6.45, 7) is 1.61. The lowest BCUT2D eigenvalue weighted by Gasteiger charge is -2.10. The third-order valence-corrected chi connectivity index (χ3v) is 1.67. The van der Waals surface area contributed by atoms with Gasteiger partial charge >= 0.3 is 0 Å². The Bertz CT molecular complexity index is 334. The van der Waals surface area contributed by atoms with Gasteiger partial charge in [-0.15, -0.1) is 24.8 Å². The molecule has 1 unspecified atom stereocenters. The number of hydrogen-bond donors (Lipinski definition) is 2. The minimum atomic E-state index is -0.556. The van der Waals surface area contributed by atoms with E-state index in [0.717, 1.165) is 0 Å². The average Bonchev–Trinajstić information content (AvgIpc) is 2.18. The summed E-state index contributed by atoms with van der Waals surface area (Å²) in [5.41, 5.74) is 5.93. The molecule has 1 aromatic rings. The molecule has 1 aromatic heterocycles. The molecule has 0 saturated heterocycles. The second kappa shape index (κ2) is 8.15. The van der Waals surface area contributed by atoms with E-state index in [2.05, 4.69) is 10.3 Å². The van der Waals surface area contributed by atoms with E-state index < -0.39 is 6.04 Å². The highest BCUT2D eigenvalue weighted by molar-refractivity contribution is 5.95. The lowest BCUT2D eigenvalue weighted by molar-refractivity contribution is -0.117. The van der Waals surface area contributed by atoms with Crippen LogP contribution >= 0.6 is 24.8 Å². The highest BCUT2D eigenvalue weighted by Gasteiger charge is 2.10. The van der Waals surface area contributed by atoms with Gasteiger partial charge in [0.25, 0.3) is 0 Å². The maximum atomic E-state index is 11.3. The predicted octanol–water partition coefficient (Wildman–Crippen LogP) is 1.22. The second-order valence-corrected chi connectivity index (χ2v) is 2.85. The maximum Gasteiger partial charge on any atom is 0.241 e. The first-order chi connectivity index (χ1) is 6.65. The van der Waals surface area contributed by atoms with E-state index in [1.54, 1.807) is 19.2 Å². The number of anilines is 1. The van der Waals surface area contributed by atoms with E-state index in [1.165, 1.54) is 13.3 Å². The fraction of sp³-hybridized carbons (Fsp3) is 0.333. The fourth-order valence-electron chi connectivity index (χ4n) is 0.900. The van der Waals surface area contributed by atoms with Crippen LogP contribution in [0, 0.1) is 0 Å². The molecular formula is C9H15Cl2N3O2. The first-order valence-electron chi connectivity index (χ1n) is 4.19. The molecule has 3 N–H and O–H groups in total. The molecule has 16 heavy (non-hydrogen) atoms. The molecule has 0 bridgehead atoms. The van der Waals surface area contributed by atoms with Gasteiger partial charge in [-0.3, -0.25) is 9.78 Å². The standard InChI is InChI=1S/C9H13N3O2.2ClH/c1-6(10)9(13)12-7-5-11-4-3-8(7)14-2;;/h3-6H,10H2,1-2H3,(H,12,13);2*1H. The van der Waals surface area contributed by atoms with Crippen LogP contribution in [-0.4, -0.2) is 24.0 Å². The zero-order valence-electron chi connectivity index (χ0n) is 8.97. The smallest absolute Gasteiger partial charge is 0.241 e. The highest BCUT2D eigenvalue weighted by atomic mass is 35.5. The summed E-state index contributed by atoms with van der Waals surface area (Å²) < 4.78 is 5.03. The first kappa shape index (κ1) is 17.4. The number of nitrogens with zero attached hydrogens (tertiary/aromatic N) is 1. The number of nitrogens with one attached hydrogen (secondary N) is 1. The Balaban J connectivity index is 0. The van der Waals surface area contributed by atoms with Gasteiger partial charge in [-0.1, -0.05) is 0 Å². The number of carbonyl (C=O) groups is 1. The van der Waals surface area contributed by atoms with E-state index in [9.17, 15) is 4.79 Å². The summed E-state index contributed by atoms with van der Waals surface area (Å²) in [6, 6.07) is 1.11. The highest BCUT2D eigenvalue weighted by Crippen LogP contribution is 2.21. The molecule has 0 fully saturated rings. The van der Waals surface area contributed by atoms with Crippen LogP contribution < -0.4 is 15.8 Å². The van der Waals surface area contributed by atoms with Crippen molar-refractivity contribution in [2.75, 3.05) is 12.4 Å². The Hall–Kier alpha value is -1.04. The van der Waals surface area contributed by atoms with Crippen molar-refractivity contribution in [2.45, 2.75) is 13.0 Å². The number of rotatable bonds is 3. The summed E-state index contributed by atoms with van der Waals surface area (Å²) in [5.74, 6) is 0.297. The third kappa shape index (κ3) is 4.65. The van der Waals surface area contributed by atoms with Gasteiger partial charge in [0.05, 0.1) is 19.3 Å². The number of halogens is 2. The molecule has 0 aliphatic heterocycles. The van der Waals surface area contributed by atoms with Crippen LogP contribution in [0.4, 0.5) is 5.69 Å². The number of carbonyl (C=O) groups excluding carboxylic acids is 1. The molecule has 0 radical (unpaired) electrons. The minimum Gasteiger partial charge on any atom is -0.494 e. The van der Waals surface area contributed by atoms with E-state index in [-0.39, 0.29) is 30.7 Å². The summed E-state index contributed by atoms with van der Waals surface area (Å²) in [7, 11) is 1.52. The molecule has 0 aliphatic carbocycles. The molecule has 1 atom stereocenters. The molecule has 0 saturated carbocycles. The lowest BCUT2D eigenvalue weighted by Crippen LogP contribution is -2.32. The number of aromatic nitrogens is 1. The van der Waals surface area contributed by atoms with E-state index >= 15 is 0 Å². The predicted molar refractivity (Wildman–Crippen MR) is 67.6 cm³/mol. The molecular weight excluding hydrogens is 253 g/mol. The maximum absolute atomic E-state index is 11.3. The van der Waals surface area contributed by atoms with Gasteiger partial charge in [-0.25, -0.2) is 0 Å². The number of ether oxygens (including phenoxy) is 1. The van der Waals surface area contributed by atoms with Gasteiger partial charge in [-0.05, 0) is 6.92 Å².